The standard InChI is InChI=1S/C16H30N2O2/c1-5-9-10-11-12-18-14(19)13(6-2)17-15(20)16(18,7-3)8-4/h13H,5-12H2,1-4H3,(H,17,20). The molecule has 4 heteroatoms. The van der Waals surface area contributed by atoms with Crippen molar-refractivity contribution in [3.05, 3.63) is 0 Å². The van der Waals surface area contributed by atoms with Crippen LogP contribution < -0.4 is 5.32 Å². The average molecular weight is 282 g/mol. The topological polar surface area (TPSA) is 49.4 Å². The molecular formula is C16H30N2O2. The lowest BCUT2D eigenvalue weighted by Gasteiger charge is -2.47. The van der Waals surface area contributed by atoms with Crippen molar-refractivity contribution in [2.45, 2.75) is 84.2 Å². The van der Waals surface area contributed by atoms with Crippen LogP contribution in [0.1, 0.15) is 72.6 Å². The monoisotopic (exact) mass is 282 g/mol. The number of nitrogens with one attached hydrogen (secondary N) is 1. The molecule has 1 fully saturated rings. The van der Waals surface area contributed by atoms with Gasteiger partial charge in [0.2, 0.25) is 11.8 Å². The van der Waals surface area contributed by atoms with E-state index in [4.69, 9.17) is 0 Å². The minimum absolute atomic E-state index is 0.0319. The second-order valence-corrected chi connectivity index (χ2v) is 5.72. The molecule has 0 aliphatic carbocycles. The summed E-state index contributed by atoms with van der Waals surface area (Å²) in [5, 5.41) is 2.91. The van der Waals surface area contributed by atoms with Crippen LogP contribution in [0, 0.1) is 0 Å². The van der Waals surface area contributed by atoms with E-state index in [0.717, 1.165) is 12.8 Å². The number of rotatable bonds is 8. The largest absolute Gasteiger partial charge is 0.342 e. The Morgan fingerprint density at radius 2 is 1.70 bits per heavy atom. The maximum absolute atomic E-state index is 12.6. The van der Waals surface area contributed by atoms with Crippen molar-refractivity contribution in [2.75, 3.05) is 6.54 Å². The molecule has 1 unspecified atom stereocenters. The van der Waals surface area contributed by atoms with Gasteiger partial charge in [-0.2, -0.15) is 0 Å². The third-order valence-corrected chi connectivity index (χ3v) is 4.62. The van der Waals surface area contributed by atoms with Gasteiger partial charge in [0.1, 0.15) is 11.6 Å². The van der Waals surface area contributed by atoms with Crippen LogP contribution in [0.3, 0.4) is 0 Å². The first-order valence-electron chi connectivity index (χ1n) is 8.19. The van der Waals surface area contributed by atoms with E-state index in [2.05, 4.69) is 12.2 Å². The molecule has 1 rings (SSSR count). The number of amides is 2. The second-order valence-electron chi connectivity index (χ2n) is 5.72. The van der Waals surface area contributed by atoms with E-state index in [0.29, 0.717) is 25.8 Å². The molecule has 0 aromatic carbocycles. The maximum atomic E-state index is 12.6. The number of unbranched alkanes of at least 4 members (excludes halogenated alkanes) is 3. The molecule has 1 aliphatic heterocycles. The highest BCUT2D eigenvalue weighted by atomic mass is 16.2. The summed E-state index contributed by atoms with van der Waals surface area (Å²) in [5.74, 6) is 0.136. The lowest BCUT2D eigenvalue weighted by molar-refractivity contribution is -0.158. The minimum Gasteiger partial charge on any atom is -0.342 e. The van der Waals surface area contributed by atoms with Gasteiger partial charge in [-0.1, -0.05) is 47.0 Å². The zero-order valence-corrected chi connectivity index (χ0v) is 13.5. The molecule has 1 atom stereocenters. The average Bonchev–Trinajstić information content (AvgIpc) is 2.47. The lowest BCUT2D eigenvalue weighted by atomic mass is 9.85. The van der Waals surface area contributed by atoms with Gasteiger partial charge in [0.05, 0.1) is 0 Å². The summed E-state index contributed by atoms with van der Waals surface area (Å²) in [6.07, 6.45) is 6.53. The summed E-state index contributed by atoms with van der Waals surface area (Å²) < 4.78 is 0. The van der Waals surface area contributed by atoms with E-state index >= 15 is 0 Å². The van der Waals surface area contributed by atoms with Gasteiger partial charge < -0.3 is 10.2 Å². The molecular weight excluding hydrogens is 252 g/mol. The molecule has 1 heterocycles. The smallest absolute Gasteiger partial charge is 0.246 e. The molecule has 0 spiro atoms. The first-order chi connectivity index (χ1) is 9.57. The predicted octanol–water partition coefficient (Wildman–Crippen LogP) is 2.86. The van der Waals surface area contributed by atoms with Crippen LogP contribution in [0.2, 0.25) is 0 Å². The second kappa shape index (κ2) is 7.65. The summed E-state index contributed by atoms with van der Waals surface area (Å²) in [5.41, 5.74) is -0.630. The quantitative estimate of drug-likeness (QED) is 0.696. The summed E-state index contributed by atoms with van der Waals surface area (Å²) in [6, 6.07) is -0.333. The Bertz CT molecular complexity index is 337. The molecule has 116 valence electrons. The molecule has 0 saturated carbocycles. The fourth-order valence-corrected chi connectivity index (χ4v) is 3.13. The summed E-state index contributed by atoms with van der Waals surface area (Å²) in [6.45, 7) is 8.84. The number of carbonyl (C=O) groups is 2. The van der Waals surface area contributed by atoms with Crippen molar-refractivity contribution in [1.29, 1.82) is 0 Å². The van der Waals surface area contributed by atoms with Gasteiger partial charge in [-0.3, -0.25) is 9.59 Å². The molecule has 1 saturated heterocycles. The van der Waals surface area contributed by atoms with E-state index in [9.17, 15) is 9.59 Å². The highest BCUT2D eigenvalue weighted by Gasteiger charge is 2.49. The van der Waals surface area contributed by atoms with Crippen molar-refractivity contribution in [2.24, 2.45) is 0 Å². The zero-order chi connectivity index (χ0) is 15.2. The third kappa shape index (κ3) is 3.15. The molecule has 1 N–H and O–H groups in total. The SMILES string of the molecule is CCCCCCN1C(=O)C(CC)NC(=O)C1(CC)CC. The Morgan fingerprint density at radius 1 is 1.05 bits per heavy atom. The normalized spacial score (nSPS) is 22.0. The van der Waals surface area contributed by atoms with Crippen molar-refractivity contribution >= 4 is 11.8 Å². The van der Waals surface area contributed by atoms with Crippen molar-refractivity contribution in [3.8, 4) is 0 Å². The van der Waals surface area contributed by atoms with Gasteiger partial charge in [-0.05, 0) is 25.7 Å². The summed E-state index contributed by atoms with van der Waals surface area (Å²) in [4.78, 5) is 27.0. The third-order valence-electron chi connectivity index (χ3n) is 4.62. The van der Waals surface area contributed by atoms with E-state index in [1.165, 1.54) is 12.8 Å². The van der Waals surface area contributed by atoms with Gasteiger partial charge in [-0.25, -0.2) is 0 Å². The van der Waals surface area contributed by atoms with E-state index in [1.54, 1.807) is 0 Å². The number of piperazine rings is 1. The van der Waals surface area contributed by atoms with Gasteiger partial charge in [0, 0.05) is 6.54 Å². The van der Waals surface area contributed by atoms with Gasteiger partial charge >= 0.3 is 0 Å². The molecule has 0 aromatic heterocycles. The van der Waals surface area contributed by atoms with Gasteiger partial charge in [0.25, 0.3) is 0 Å². The lowest BCUT2D eigenvalue weighted by Crippen LogP contribution is -2.70. The number of nitrogens with zero attached hydrogens (tertiary/aromatic N) is 1. The molecule has 2 amide bonds. The van der Waals surface area contributed by atoms with Gasteiger partial charge in [-0.15, -0.1) is 0 Å². The zero-order valence-electron chi connectivity index (χ0n) is 13.5. The van der Waals surface area contributed by atoms with Crippen molar-refractivity contribution < 1.29 is 9.59 Å². The highest BCUT2D eigenvalue weighted by Crippen LogP contribution is 2.30. The van der Waals surface area contributed by atoms with Crippen LogP contribution >= 0.6 is 0 Å². The molecule has 0 radical (unpaired) electrons. The predicted molar refractivity (Wildman–Crippen MR) is 81.4 cm³/mol. The van der Waals surface area contributed by atoms with Crippen LogP contribution in [0.4, 0.5) is 0 Å². The van der Waals surface area contributed by atoms with Crippen molar-refractivity contribution in [1.82, 2.24) is 10.2 Å². The minimum atomic E-state index is -0.630. The molecule has 20 heavy (non-hydrogen) atoms. The fourth-order valence-electron chi connectivity index (χ4n) is 3.13. The van der Waals surface area contributed by atoms with E-state index in [1.807, 2.05) is 25.7 Å². The molecule has 0 aromatic rings. The first kappa shape index (κ1) is 17.0. The van der Waals surface area contributed by atoms with Crippen molar-refractivity contribution in [3.63, 3.8) is 0 Å². The summed E-state index contributed by atoms with van der Waals surface area (Å²) in [7, 11) is 0. The highest BCUT2D eigenvalue weighted by molar-refractivity contribution is 5.99. The van der Waals surface area contributed by atoms with Gasteiger partial charge in [0.15, 0.2) is 0 Å². The number of hydrogen-bond acceptors (Lipinski definition) is 2. The van der Waals surface area contributed by atoms with Crippen LogP contribution in [-0.2, 0) is 9.59 Å². The maximum Gasteiger partial charge on any atom is 0.246 e. The van der Waals surface area contributed by atoms with Crippen LogP contribution in [0.5, 0.6) is 0 Å². The number of hydrogen-bond donors (Lipinski definition) is 1. The van der Waals surface area contributed by atoms with Crippen LogP contribution in [0.25, 0.3) is 0 Å². The Morgan fingerprint density at radius 3 is 2.20 bits per heavy atom. The summed E-state index contributed by atoms with van der Waals surface area (Å²) >= 11 is 0. The van der Waals surface area contributed by atoms with Crippen LogP contribution in [0.15, 0.2) is 0 Å². The molecule has 1 aliphatic rings. The number of carbonyl (C=O) groups excluding carboxylic acids is 2. The molecule has 0 bridgehead atoms. The van der Waals surface area contributed by atoms with Crippen LogP contribution in [-0.4, -0.2) is 34.8 Å². The fraction of sp³-hybridized carbons (Fsp3) is 0.875. The Hall–Kier alpha value is -1.06. The van der Waals surface area contributed by atoms with E-state index < -0.39 is 5.54 Å². The molecule has 4 nitrogen and oxygen atoms in total. The Balaban J connectivity index is 2.88. The first-order valence-corrected chi connectivity index (χ1v) is 8.19. The van der Waals surface area contributed by atoms with E-state index in [-0.39, 0.29) is 17.9 Å². The Labute approximate surface area is 123 Å². The Kier molecular flexibility index (Phi) is 6.50.